The van der Waals surface area contributed by atoms with Crippen LogP contribution in [-0.2, 0) is 5.75 Å². The molecular formula is C16H15NOS. The van der Waals surface area contributed by atoms with Gasteiger partial charge in [-0.15, -0.1) is 11.8 Å². The second-order valence-electron chi connectivity index (χ2n) is 4.19. The van der Waals surface area contributed by atoms with E-state index in [-0.39, 0.29) is 0 Å². The highest BCUT2D eigenvalue weighted by atomic mass is 32.2. The first-order valence-corrected chi connectivity index (χ1v) is 6.98. The van der Waals surface area contributed by atoms with Gasteiger partial charge in [0.25, 0.3) is 0 Å². The number of nitrogens with zero attached hydrogens (tertiary/aromatic N) is 1. The van der Waals surface area contributed by atoms with Crippen LogP contribution in [-0.4, -0.2) is 7.11 Å². The number of ether oxygens (including phenoxy) is 1. The fraction of sp³-hybridized carbons (Fsp3) is 0.188. The zero-order valence-corrected chi connectivity index (χ0v) is 11.8. The first kappa shape index (κ1) is 13.5. The van der Waals surface area contributed by atoms with Crippen molar-refractivity contribution in [2.24, 2.45) is 0 Å². The summed E-state index contributed by atoms with van der Waals surface area (Å²) in [6.45, 7) is 2.10. The van der Waals surface area contributed by atoms with E-state index in [1.54, 1.807) is 24.9 Å². The first-order chi connectivity index (χ1) is 9.24. The van der Waals surface area contributed by atoms with Gasteiger partial charge in [-0.05, 0) is 36.2 Å². The lowest BCUT2D eigenvalue weighted by Gasteiger charge is -2.08. The van der Waals surface area contributed by atoms with Gasteiger partial charge in [0, 0.05) is 10.6 Å². The van der Waals surface area contributed by atoms with E-state index in [0.717, 1.165) is 16.4 Å². The highest BCUT2D eigenvalue weighted by Gasteiger charge is 2.06. The van der Waals surface area contributed by atoms with Crippen molar-refractivity contribution in [3.05, 3.63) is 59.2 Å². The molecule has 0 unspecified atom stereocenters. The molecule has 2 aromatic carbocycles. The van der Waals surface area contributed by atoms with E-state index in [1.165, 1.54) is 11.1 Å². The van der Waals surface area contributed by atoms with Crippen LogP contribution in [0.25, 0.3) is 0 Å². The second kappa shape index (κ2) is 6.31. The summed E-state index contributed by atoms with van der Waals surface area (Å²) < 4.78 is 5.21. The van der Waals surface area contributed by atoms with Gasteiger partial charge in [0.05, 0.1) is 12.7 Å². The standard InChI is InChI=1S/C16H15NOS/c1-12-5-3-4-6-14(12)11-19-16-9-15(18-2)8-7-13(16)10-17/h3-9H,11H2,1-2H3. The lowest BCUT2D eigenvalue weighted by Crippen LogP contribution is -1.89. The van der Waals surface area contributed by atoms with Crippen LogP contribution in [0.4, 0.5) is 0 Å². The minimum absolute atomic E-state index is 0.694. The molecule has 0 aliphatic heterocycles. The molecule has 96 valence electrons. The Bertz CT molecular complexity index is 616. The SMILES string of the molecule is COc1ccc(C#N)c(SCc2ccccc2C)c1. The van der Waals surface area contributed by atoms with E-state index in [2.05, 4.69) is 25.1 Å². The summed E-state index contributed by atoms with van der Waals surface area (Å²) in [6.07, 6.45) is 0. The number of hydrogen-bond acceptors (Lipinski definition) is 3. The number of methoxy groups -OCH3 is 1. The van der Waals surface area contributed by atoms with E-state index in [9.17, 15) is 0 Å². The smallest absolute Gasteiger partial charge is 0.120 e. The lowest BCUT2D eigenvalue weighted by atomic mass is 10.1. The van der Waals surface area contributed by atoms with Crippen molar-refractivity contribution in [1.29, 1.82) is 5.26 Å². The van der Waals surface area contributed by atoms with Crippen molar-refractivity contribution >= 4 is 11.8 Å². The first-order valence-electron chi connectivity index (χ1n) is 6.00. The molecule has 19 heavy (non-hydrogen) atoms. The fourth-order valence-corrected chi connectivity index (χ4v) is 2.87. The molecule has 0 radical (unpaired) electrons. The van der Waals surface area contributed by atoms with Crippen LogP contribution in [0.1, 0.15) is 16.7 Å². The molecule has 2 aromatic rings. The Hall–Kier alpha value is -1.92. The largest absolute Gasteiger partial charge is 0.497 e. The van der Waals surface area contributed by atoms with Crippen LogP contribution in [0.2, 0.25) is 0 Å². The molecule has 0 spiro atoms. The van der Waals surface area contributed by atoms with E-state index in [4.69, 9.17) is 10.00 Å². The van der Waals surface area contributed by atoms with Gasteiger partial charge in [0.2, 0.25) is 0 Å². The maximum Gasteiger partial charge on any atom is 0.120 e. The number of aryl methyl sites for hydroxylation is 1. The third kappa shape index (κ3) is 3.30. The van der Waals surface area contributed by atoms with E-state index >= 15 is 0 Å². The molecule has 2 rings (SSSR count). The average molecular weight is 269 g/mol. The molecule has 0 fully saturated rings. The molecule has 0 aromatic heterocycles. The van der Waals surface area contributed by atoms with Gasteiger partial charge in [0.15, 0.2) is 0 Å². The third-order valence-electron chi connectivity index (χ3n) is 2.95. The summed E-state index contributed by atoms with van der Waals surface area (Å²) in [5.41, 5.74) is 3.26. The highest BCUT2D eigenvalue weighted by Crippen LogP contribution is 2.30. The van der Waals surface area contributed by atoms with Gasteiger partial charge in [-0.1, -0.05) is 24.3 Å². The van der Waals surface area contributed by atoms with Crippen molar-refractivity contribution in [3.63, 3.8) is 0 Å². The van der Waals surface area contributed by atoms with Gasteiger partial charge in [0.1, 0.15) is 11.8 Å². The van der Waals surface area contributed by atoms with Crippen LogP contribution in [0.3, 0.4) is 0 Å². The zero-order chi connectivity index (χ0) is 13.7. The van der Waals surface area contributed by atoms with Gasteiger partial charge in [-0.25, -0.2) is 0 Å². The van der Waals surface area contributed by atoms with E-state index < -0.39 is 0 Å². The Labute approximate surface area is 118 Å². The van der Waals surface area contributed by atoms with Crippen molar-refractivity contribution < 1.29 is 4.74 Å². The van der Waals surface area contributed by atoms with E-state index in [0.29, 0.717) is 5.56 Å². The predicted molar refractivity (Wildman–Crippen MR) is 78.4 cm³/mol. The van der Waals surface area contributed by atoms with E-state index in [1.807, 2.05) is 24.3 Å². The van der Waals surface area contributed by atoms with Gasteiger partial charge < -0.3 is 4.74 Å². The van der Waals surface area contributed by atoms with Crippen LogP contribution >= 0.6 is 11.8 Å². The van der Waals surface area contributed by atoms with Crippen molar-refractivity contribution in [1.82, 2.24) is 0 Å². The molecule has 0 atom stereocenters. The molecular weight excluding hydrogens is 254 g/mol. The second-order valence-corrected chi connectivity index (χ2v) is 5.21. The molecule has 0 amide bonds. The number of thioether (sulfide) groups is 1. The van der Waals surface area contributed by atoms with Gasteiger partial charge in [-0.2, -0.15) is 5.26 Å². The van der Waals surface area contributed by atoms with Crippen molar-refractivity contribution in [2.45, 2.75) is 17.6 Å². The highest BCUT2D eigenvalue weighted by molar-refractivity contribution is 7.98. The quantitative estimate of drug-likeness (QED) is 0.781. The summed E-state index contributed by atoms with van der Waals surface area (Å²) in [7, 11) is 1.64. The predicted octanol–water partition coefficient (Wildman–Crippen LogP) is 4.17. The molecule has 0 heterocycles. The Morgan fingerprint density at radius 1 is 1.21 bits per heavy atom. The third-order valence-corrected chi connectivity index (χ3v) is 4.06. The molecule has 0 aliphatic carbocycles. The number of hydrogen-bond donors (Lipinski definition) is 0. The summed E-state index contributed by atoms with van der Waals surface area (Å²) in [5.74, 6) is 1.64. The van der Waals surface area contributed by atoms with Gasteiger partial charge >= 0.3 is 0 Å². The summed E-state index contributed by atoms with van der Waals surface area (Å²) >= 11 is 1.67. The topological polar surface area (TPSA) is 33.0 Å². The molecule has 0 N–H and O–H groups in total. The summed E-state index contributed by atoms with van der Waals surface area (Å²) in [4.78, 5) is 0.963. The van der Waals surface area contributed by atoms with Gasteiger partial charge in [-0.3, -0.25) is 0 Å². The summed E-state index contributed by atoms with van der Waals surface area (Å²) in [5, 5.41) is 9.13. The van der Waals surface area contributed by atoms with Crippen LogP contribution < -0.4 is 4.74 Å². The minimum Gasteiger partial charge on any atom is -0.497 e. The maximum absolute atomic E-state index is 9.13. The van der Waals surface area contributed by atoms with Crippen LogP contribution in [0, 0.1) is 18.3 Å². The molecule has 0 saturated carbocycles. The summed E-state index contributed by atoms with van der Waals surface area (Å²) in [6, 6.07) is 16.1. The maximum atomic E-state index is 9.13. The number of nitriles is 1. The fourth-order valence-electron chi connectivity index (χ4n) is 1.77. The Kier molecular flexibility index (Phi) is 4.48. The van der Waals surface area contributed by atoms with Crippen LogP contribution in [0.15, 0.2) is 47.4 Å². The Morgan fingerprint density at radius 3 is 2.68 bits per heavy atom. The van der Waals surface area contributed by atoms with Crippen LogP contribution in [0.5, 0.6) is 5.75 Å². The molecule has 3 heteroatoms. The molecule has 0 saturated heterocycles. The normalized spacial score (nSPS) is 9.95. The lowest BCUT2D eigenvalue weighted by molar-refractivity contribution is 0.413. The zero-order valence-electron chi connectivity index (χ0n) is 11.0. The monoisotopic (exact) mass is 269 g/mol. The number of rotatable bonds is 4. The molecule has 2 nitrogen and oxygen atoms in total. The Balaban J connectivity index is 2.19. The van der Waals surface area contributed by atoms with Crippen molar-refractivity contribution in [2.75, 3.05) is 7.11 Å². The van der Waals surface area contributed by atoms with Crippen molar-refractivity contribution in [3.8, 4) is 11.8 Å². The minimum atomic E-state index is 0.694. The molecule has 0 bridgehead atoms. The average Bonchev–Trinajstić information content (AvgIpc) is 2.46. The molecule has 0 aliphatic rings. The number of benzene rings is 2. The Morgan fingerprint density at radius 2 is 2.00 bits per heavy atom.